The number of primary amides is 1. The lowest BCUT2D eigenvalue weighted by Crippen LogP contribution is -2.56. The second-order valence-electron chi connectivity index (χ2n) is 10.2. The summed E-state index contributed by atoms with van der Waals surface area (Å²) in [4.78, 5) is 38.4. The van der Waals surface area contributed by atoms with Crippen molar-refractivity contribution in [2.45, 2.75) is 45.9 Å². The van der Waals surface area contributed by atoms with Crippen LogP contribution in [-0.4, -0.2) is 35.1 Å². The molecule has 0 aliphatic rings. The van der Waals surface area contributed by atoms with Crippen molar-refractivity contribution >= 4 is 28.5 Å². The van der Waals surface area contributed by atoms with Crippen molar-refractivity contribution in [1.82, 2.24) is 10.8 Å². The number of amides is 3. The molecule has 3 aromatic carbocycles. The molecule has 0 aliphatic carbocycles. The van der Waals surface area contributed by atoms with Crippen LogP contribution in [0.5, 0.6) is 0 Å². The fourth-order valence-corrected chi connectivity index (χ4v) is 4.15. The van der Waals surface area contributed by atoms with Crippen LogP contribution in [0.15, 0.2) is 60.7 Å². The Labute approximate surface area is 219 Å². The fraction of sp³-hybridized carbons (Fsp3) is 0.321. The predicted molar refractivity (Wildman–Crippen MR) is 137 cm³/mol. The minimum absolute atomic E-state index is 0.0315. The van der Waals surface area contributed by atoms with Gasteiger partial charge < -0.3 is 15.8 Å². The summed E-state index contributed by atoms with van der Waals surface area (Å²) in [7, 11) is 0. The van der Waals surface area contributed by atoms with E-state index in [9.17, 15) is 28.4 Å². The highest BCUT2D eigenvalue weighted by molar-refractivity contribution is 5.92. The summed E-state index contributed by atoms with van der Waals surface area (Å²) in [5, 5.41) is 13.4. The molecule has 38 heavy (non-hydrogen) atoms. The van der Waals surface area contributed by atoms with Crippen LogP contribution in [0.4, 0.5) is 8.78 Å². The number of hydrogen-bond donors (Lipinski definition) is 4. The van der Waals surface area contributed by atoms with Gasteiger partial charge in [-0.3, -0.25) is 19.6 Å². The first-order valence-corrected chi connectivity index (χ1v) is 12.0. The summed E-state index contributed by atoms with van der Waals surface area (Å²) >= 11 is 0. The van der Waals surface area contributed by atoms with E-state index in [4.69, 9.17) is 10.5 Å². The van der Waals surface area contributed by atoms with E-state index >= 15 is 0 Å². The largest absolute Gasteiger partial charge is 0.368 e. The quantitative estimate of drug-likeness (QED) is 0.237. The Morgan fingerprint density at radius 2 is 1.47 bits per heavy atom. The van der Waals surface area contributed by atoms with E-state index in [0.29, 0.717) is 21.9 Å². The summed E-state index contributed by atoms with van der Waals surface area (Å²) in [5.74, 6) is -4.50. The van der Waals surface area contributed by atoms with Crippen molar-refractivity contribution < 1.29 is 33.1 Å². The van der Waals surface area contributed by atoms with Gasteiger partial charge in [0.2, 0.25) is 11.8 Å². The highest BCUT2D eigenvalue weighted by Gasteiger charge is 2.39. The summed E-state index contributed by atoms with van der Waals surface area (Å²) in [5.41, 5.74) is 7.49. The van der Waals surface area contributed by atoms with Crippen LogP contribution in [0.25, 0.3) is 10.8 Å². The van der Waals surface area contributed by atoms with E-state index in [-0.39, 0.29) is 13.0 Å². The number of benzene rings is 3. The molecule has 0 heterocycles. The van der Waals surface area contributed by atoms with E-state index in [1.54, 1.807) is 45.0 Å². The number of halogens is 2. The average Bonchev–Trinajstić information content (AvgIpc) is 2.86. The molecule has 3 atom stereocenters. The first-order chi connectivity index (χ1) is 17.9. The van der Waals surface area contributed by atoms with E-state index in [2.05, 4.69) is 5.32 Å². The third kappa shape index (κ3) is 7.33. The number of ether oxygens (including phenoxy) is 1. The number of hydroxylamine groups is 1. The molecule has 0 radical (unpaired) electrons. The van der Waals surface area contributed by atoms with Crippen molar-refractivity contribution in [3.8, 4) is 0 Å². The monoisotopic (exact) mass is 527 g/mol. The molecule has 0 fully saturated rings. The topological polar surface area (TPSA) is 131 Å². The summed E-state index contributed by atoms with van der Waals surface area (Å²) in [6, 6.07) is 13.7. The molecular weight excluding hydrogens is 496 g/mol. The van der Waals surface area contributed by atoms with Crippen LogP contribution < -0.4 is 16.5 Å². The minimum Gasteiger partial charge on any atom is -0.368 e. The van der Waals surface area contributed by atoms with Crippen molar-refractivity contribution in [3.05, 3.63) is 83.4 Å². The first-order valence-electron chi connectivity index (χ1n) is 12.0. The molecule has 0 saturated heterocycles. The molecule has 0 aliphatic heterocycles. The van der Waals surface area contributed by atoms with Crippen molar-refractivity contribution in [3.63, 3.8) is 0 Å². The van der Waals surface area contributed by atoms with Gasteiger partial charge in [0.25, 0.3) is 5.91 Å². The van der Waals surface area contributed by atoms with Gasteiger partial charge >= 0.3 is 0 Å². The van der Waals surface area contributed by atoms with Crippen LogP contribution in [-0.2, 0) is 32.1 Å². The van der Waals surface area contributed by atoms with Gasteiger partial charge in [0, 0.05) is 0 Å². The van der Waals surface area contributed by atoms with Crippen LogP contribution in [0.2, 0.25) is 0 Å². The second-order valence-corrected chi connectivity index (χ2v) is 10.2. The lowest BCUT2D eigenvalue weighted by molar-refractivity contribution is -0.152. The lowest BCUT2D eigenvalue weighted by atomic mass is 9.85. The molecule has 0 unspecified atom stereocenters. The van der Waals surface area contributed by atoms with Crippen LogP contribution in [0.3, 0.4) is 0 Å². The SMILES string of the molecule is CC(C)(C)[C@H](NC(=O)[C@H](Cc1ccc2cc(F)ccc2c1)[C@H](OCc1ccc(F)cc1)C(=O)NO)C(N)=O. The number of nitrogens with two attached hydrogens (primary N) is 1. The standard InChI is InChI=1S/C28H31F2N3O5/c1-28(2,3)24(25(31)34)32-26(35)22(13-17-4-7-19-14-21(30)11-8-18(19)12-17)23(27(36)33-37)38-15-16-5-9-20(29)10-6-16/h4-12,14,22-24,37H,13,15H2,1-3H3,(H2,31,34)(H,32,35)(H,33,36)/t22-,23+,24-/m1/s1. The van der Waals surface area contributed by atoms with E-state index in [0.717, 1.165) is 0 Å². The molecule has 0 saturated carbocycles. The molecule has 0 spiro atoms. The van der Waals surface area contributed by atoms with Gasteiger partial charge in [0.1, 0.15) is 17.7 Å². The van der Waals surface area contributed by atoms with Gasteiger partial charge in [-0.15, -0.1) is 0 Å². The third-order valence-corrected chi connectivity index (χ3v) is 6.17. The van der Waals surface area contributed by atoms with Crippen molar-refractivity contribution in [2.24, 2.45) is 17.1 Å². The zero-order valence-corrected chi connectivity index (χ0v) is 21.3. The Morgan fingerprint density at radius 1 is 0.895 bits per heavy atom. The summed E-state index contributed by atoms with van der Waals surface area (Å²) in [6.45, 7) is 5.01. The van der Waals surface area contributed by atoms with Gasteiger partial charge in [-0.05, 0) is 58.0 Å². The number of fused-ring (bicyclic) bond motifs is 1. The number of nitrogens with one attached hydrogen (secondary N) is 2. The normalized spacial score (nSPS) is 13.9. The molecule has 10 heteroatoms. The molecule has 0 aromatic heterocycles. The van der Waals surface area contributed by atoms with Gasteiger partial charge in [-0.25, -0.2) is 14.3 Å². The number of carbonyl (C=O) groups excluding carboxylic acids is 3. The highest BCUT2D eigenvalue weighted by atomic mass is 19.1. The smallest absolute Gasteiger partial charge is 0.273 e. The molecule has 202 valence electrons. The van der Waals surface area contributed by atoms with Gasteiger partial charge in [0.15, 0.2) is 6.10 Å². The number of carbonyl (C=O) groups is 3. The Kier molecular flexibility index (Phi) is 9.13. The zero-order valence-electron chi connectivity index (χ0n) is 21.3. The molecule has 5 N–H and O–H groups in total. The molecular formula is C28H31F2N3O5. The maximum Gasteiger partial charge on any atom is 0.273 e. The second kappa shape index (κ2) is 12.1. The Bertz CT molecular complexity index is 1310. The van der Waals surface area contributed by atoms with E-state index in [1.807, 2.05) is 0 Å². The predicted octanol–water partition coefficient (Wildman–Crippen LogP) is 3.38. The van der Waals surface area contributed by atoms with Crippen molar-refractivity contribution in [2.75, 3.05) is 0 Å². The maximum absolute atomic E-state index is 13.6. The fourth-order valence-electron chi connectivity index (χ4n) is 4.15. The molecule has 3 amide bonds. The molecule has 3 aromatic rings. The zero-order chi connectivity index (χ0) is 28.0. The number of hydrogen-bond acceptors (Lipinski definition) is 5. The Balaban J connectivity index is 1.97. The van der Waals surface area contributed by atoms with Crippen molar-refractivity contribution in [1.29, 1.82) is 0 Å². The van der Waals surface area contributed by atoms with Gasteiger partial charge in [0.05, 0.1) is 12.5 Å². The number of rotatable bonds is 10. The van der Waals surface area contributed by atoms with Crippen LogP contribution in [0.1, 0.15) is 31.9 Å². The maximum atomic E-state index is 13.6. The van der Waals surface area contributed by atoms with Crippen LogP contribution >= 0.6 is 0 Å². The van der Waals surface area contributed by atoms with E-state index < -0.39 is 52.8 Å². The lowest BCUT2D eigenvalue weighted by Gasteiger charge is -2.32. The summed E-state index contributed by atoms with van der Waals surface area (Å²) in [6.07, 6.45) is -1.53. The third-order valence-electron chi connectivity index (χ3n) is 6.17. The Hall–Kier alpha value is -3.89. The van der Waals surface area contributed by atoms with Gasteiger partial charge in [-0.2, -0.15) is 0 Å². The molecule has 0 bridgehead atoms. The highest BCUT2D eigenvalue weighted by Crippen LogP contribution is 2.25. The average molecular weight is 528 g/mol. The molecule has 8 nitrogen and oxygen atoms in total. The van der Waals surface area contributed by atoms with E-state index in [1.165, 1.54) is 41.9 Å². The van der Waals surface area contributed by atoms with Gasteiger partial charge in [-0.1, -0.05) is 57.2 Å². The summed E-state index contributed by atoms with van der Waals surface area (Å²) < 4.78 is 32.7. The first kappa shape index (κ1) is 28.7. The molecule has 3 rings (SSSR count). The Morgan fingerprint density at radius 3 is 2.08 bits per heavy atom. The minimum atomic E-state index is -1.50. The van der Waals surface area contributed by atoms with Crippen LogP contribution in [0, 0.1) is 23.0 Å².